The van der Waals surface area contributed by atoms with Gasteiger partial charge in [0.1, 0.15) is 6.67 Å². The first kappa shape index (κ1) is 10.4. The van der Waals surface area contributed by atoms with Crippen molar-refractivity contribution in [3.05, 3.63) is 33.5 Å². The molecule has 1 aromatic rings. The average Bonchev–Trinajstić information content (AvgIpc) is 2.16. The number of pyridine rings is 1. The molecule has 0 aromatic carbocycles. The molecular weight excluding hydrogens is 201 g/mol. The van der Waals surface area contributed by atoms with Crippen LogP contribution in [0.3, 0.4) is 0 Å². The van der Waals surface area contributed by atoms with Crippen LogP contribution in [-0.4, -0.2) is 9.91 Å². The van der Waals surface area contributed by atoms with Crippen LogP contribution in [0.25, 0.3) is 0 Å². The lowest BCUT2D eigenvalue weighted by Gasteiger charge is -1.98. The Labute approximate surface area is 76.5 Å². The molecule has 76 valence electrons. The number of nitrogens with zero attached hydrogens (tertiary/aromatic N) is 2. The van der Waals surface area contributed by atoms with Gasteiger partial charge in [0.15, 0.2) is 0 Å². The highest BCUT2D eigenvalue weighted by atomic mass is 19.3. The molecule has 1 aromatic heterocycles. The third-order valence-corrected chi connectivity index (χ3v) is 1.46. The van der Waals surface area contributed by atoms with E-state index in [9.17, 15) is 23.3 Å². The first-order valence-electron chi connectivity index (χ1n) is 3.54. The fraction of sp³-hybridized carbons (Fsp3) is 0.286. The van der Waals surface area contributed by atoms with Crippen molar-refractivity contribution < 1.29 is 18.1 Å². The van der Waals surface area contributed by atoms with Crippen LogP contribution in [0.5, 0.6) is 0 Å². The molecule has 0 radical (unpaired) electrons. The quantitative estimate of drug-likeness (QED) is 0.563. The van der Waals surface area contributed by atoms with Crippen molar-refractivity contribution in [3.8, 4) is 0 Å². The molecule has 0 unspecified atom stereocenters. The molecule has 7 heteroatoms. The molecule has 0 saturated heterocycles. The molecule has 0 atom stereocenters. The molecule has 0 saturated carbocycles. The van der Waals surface area contributed by atoms with Gasteiger partial charge in [-0.2, -0.15) is 0 Å². The summed E-state index contributed by atoms with van der Waals surface area (Å²) in [5, 5.41) is 10.2. The Hall–Kier alpha value is -1.66. The van der Waals surface area contributed by atoms with Gasteiger partial charge in [0, 0.05) is 6.07 Å². The van der Waals surface area contributed by atoms with Crippen molar-refractivity contribution in [2.24, 2.45) is 0 Å². The number of halogens is 3. The SMILES string of the molecule is O=[N+]([O-])c1cc(CF)cc(C(F)F)n1. The van der Waals surface area contributed by atoms with Gasteiger partial charge >= 0.3 is 12.2 Å². The summed E-state index contributed by atoms with van der Waals surface area (Å²) in [5.74, 6) is -0.768. The van der Waals surface area contributed by atoms with Crippen molar-refractivity contribution in [2.45, 2.75) is 13.1 Å². The zero-order valence-corrected chi connectivity index (χ0v) is 6.78. The Morgan fingerprint density at radius 2 is 2.14 bits per heavy atom. The van der Waals surface area contributed by atoms with E-state index in [0.717, 1.165) is 12.1 Å². The van der Waals surface area contributed by atoms with Crippen LogP contribution in [0.15, 0.2) is 12.1 Å². The van der Waals surface area contributed by atoms with E-state index < -0.39 is 29.5 Å². The number of hydrogen-bond acceptors (Lipinski definition) is 3. The Morgan fingerprint density at radius 1 is 1.50 bits per heavy atom. The molecule has 0 fully saturated rings. The van der Waals surface area contributed by atoms with Gasteiger partial charge in [0.2, 0.25) is 5.69 Å². The lowest BCUT2D eigenvalue weighted by atomic mass is 10.2. The zero-order valence-electron chi connectivity index (χ0n) is 6.78. The fourth-order valence-electron chi connectivity index (χ4n) is 0.877. The van der Waals surface area contributed by atoms with Crippen LogP contribution in [0.1, 0.15) is 17.7 Å². The second-order valence-electron chi connectivity index (χ2n) is 2.45. The lowest BCUT2D eigenvalue weighted by molar-refractivity contribution is -0.389. The molecule has 1 rings (SSSR count). The van der Waals surface area contributed by atoms with E-state index in [0.29, 0.717) is 0 Å². The van der Waals surface area contributed by atoms with Gasteiger partial charge in [-0.1, -0.05) is 0 Å². The minimum absolute atomic E-state index is 0.179. The maximum atomic E-state index is 12.1. The summed E-state index contributed by atoms with van der Waals surface area (Å²) in [6.45, 7) is -1.04. The lowest BCUT2D eigenvalue weighted by Crippen LogP contribution is -1.99. The topological polar surface area (TPSA) is 56.0 Å². The Kier molecular flexibility index (Phi) is 3.00. The van der Waals surface area contributed by atoms with E-state index >= 15 is 0 Å². The highest BCUT2D eigenvalue weighted by Crippen LogP contribution is 2.21. The van der Waals surface area contributed by atoms with Gasteiger partial charge in [0.05, 0.1) is 0 Å². The predicted molar refractivity (Wildman–Crippen MR) is 40.7 cm³/mol. The number of nitro groups is 1. The third-order valence-electron chi connectivity index (χ3n) is 1.46. The Morgan fingerprint density at radius 3 is 2.57 bits per heavy atom. The summed E-state index contributed by atoms with van der Waals surface area (Å²) in [6.07, 6.45) is -2.94. The fourth-order valence-corrected chi connectivity index (χ4v) is 0.877. The second kappa shape index (κ2) is 4.03. The summed E-state index contributed by atoms with van der Waals surface area (Å²) >= 11 is 0. The Balaban J connectivity index is 3.20. The summed E-state index contributed by atoms with van der Waals surface area (Å²) in [7, 11) is 0. The monoisotopic (exact) mass is 206 g/mol. The van der Waals surface area contributed by atoms with Gasteiger partial charge in [-0.15, -0.1) is 0 Å². The van der Waals surface area contributed by atoms with E-state index in [2.05, 4.69) is 4.98 Å². The highest BCUT2D eigenvalue weighted by molar-refractivity contribution is 5.29. The van der Waals surface area contributed by atoms with Crippen molar-refractivity contribution in [2.75, 3.05) is 0 Å². The smallest absolute Gasteiger partial charge is 0.358 e. The normalized spacial score (nSPS) is 10.6. The first-order chi connectivity index (χ1) is 6.54. The summed E-state index contributed by atoms with van der Waals surface area (Å²) in [6, 6.07) is 1.63. The van der Waals surface area contributed by atoms with Crippen LogP contribution in [-0.2, 0) is 6.67 Å². The molecule has 0 spiro atoms. The molecule has 0 aliphatic carbocycles. The number of hydrogen-bond donors (Lipinski definition) is 0. The van der Waals surface area contributed by atoms with Crippen molar-refractivity contribution in [3.63, 3.8) is 0 Å². The molecule has 0 aliphatic heterocycles. The largest absolute Gasteiger partial charge is 0.364 e. The Bertz CT molecular complexity index is 357. The van der Waals surface area contributed by atoms with Crippen LogP contribution >= 0.6 is 0 Å². The van der Waals surface area contributed by atoms with Gasteiger partial charge < -0.3 is 10.1 Å². The number of rotatable bonds is 3. The summed E-state index contributed by atoms with van der Waals surface area (Å²) < 4.78 is 36.4. The molecule has 0 aliphatic rings. The van der Waals surface area contributed by atoms with Gasteiger partial charge in [0.25, 0.3) is 0 Å². The van der Waals surface area contributed by atoms with E-state index in [1.165, 1.54) is 0 Å². The van der Waals surface area contributed by atoms with Gasteiger partial charge in [-0.25, -0.2) is 13.2 Å². The van der Waals surface area contributed by atoms with Crippen molar-refractivity contribution in [1.82, 2.24) is 4.98 Å². The molecule has 0 bridgehead atoms. The average molecular weight is 206 g/mol. The second-order valence-corrected chi connectivity index (χ2v) is 2.45. The molecule has 14 heavy (non-hydrogen) atoms. The standard InChI is InChI=1S/C7H5F3N2O2/c8-3-4-1-5(7(9)10)11-6(2-4)12(13)14/h1-2,7H,3H2. The highest BCUT2D eigenvalue weighted by Gasteiger charge is 2.20. The maximum absolute atomic E-state index is 12.1. The van der Waals surface area contributed by atoms with E-state index in [1.807, 2.05) is 0 Å². The minimum atomic E-state index is -2.94. The number of alkyl halides is 3. The van der Waals surface area contributed by atoms with Gasteiger partial charge in [-0.05, 0) is 21.5 Å². The van der Waals surface area contributed by atoms with Crippen LogP contribution in [0, 0.1) is 10.1 Å². The minimum Gasteiger partial charge on any atom is -0.358 e. The summed E-state index contributed by atoms with van der Waals surface area (Å²) in [4.78, 5) is 12.3. The van der Waals surface area contributed by atoms with Crippen molar-refractivity contribution >= 4 is 5.82 Å². The first-order valence-corrected chi connectivity index (χ1v) is 3.54. The van der Waals surface area contributed by atoms with E-state index in [-0.39, 0.29) is 5.56 Å². The molecular formula is C7H5F3N2O2. The van der Waals surface area contributed by atoms with E-state index in [1.54, 1.807) is 0 Å². The number of aromatic nitrogens is 1. The molecule has 1 heterocycles. The molecule has 0 amide bonds. The molecule has 4 nitrogen and oxygen atoms in total. The van der Waals surface area contributed by atoms with Gasteiger partial charge in [-0.3, -0.25) is 0 Å². The summed E-state index contributed by atoms with van der Waals surface area (Å²) in [5.41, 5.74) is -0.964. The van der Waals surface area contributed by atoms with Crippen LogP contribution < -0.4 is 0 Å². The van der Waals surface area contributed by atoms with Crippen LogP contribution in [0.4, 0.5) is 19.0 Å². The zero-order chi connectivity index (χ0) is 10.7. The third kappa shape index (κ3) is 2.18. The van der Waals surface area contributed by atoms with E-state index in [4.69, 9.17) is 0 Å². The molecule has 0 N–H and O–H groups in total. The maximum Gasteiger partial charge on any atom is 0.364 e. The van der Waals surface area contributed by atoms with Crippen LogP contribution in [0.2, 0.25) is 0 Å². The predicted octanol–water partition coefficient (Wildman–Crippen LogP) is 2.40. The van der Waals surface area contributed by atoms with Crippen molar-refractivity contribution in [1.29, 1.82) is 0 Å².